The summed E-state index contributed by atoms with van der Waals surface area (Å²) in [6, 6.07) is 4.95. The van der Waals surface area contributed by atoms with Crippen molar-refractivity contribution in [3.05, 3.63) is 0 Å². The second-order valence-corrected chi connectivity index (χ2v) is 13.6. The summed E-state index contributed by atoms with van der Waals surface area (Å²) in [6.45, 7) is 0. The van der Waals surface area contributed by atoms with E-state index in [4.69, 9.17) is 0 Å². The zero-order valence-corrected chi connectivity index (χ0v) is 10.0. The second-order valence-electron chi connectivity index (χ2n) is 2.14. The van der Waals surface area contributed by atoms with Crippen molar-refractivity contribution >= 4 is 40.6 Å². The Labute approximate surface area is 59.1 Å². The highest BCUT2D eigenvalue weighted by Gasteiger charge is 1.85. The van der Waals surface area contributed by atoms with E-state index in [9.17, 15) is 0 Å². The minimum absolute atomic E-state index is 0.451. The van der Waals surface area contributed by atoms with Crippen LogP contribution in [0.25, 0.3) is 0 Å². The van der Waals surface area contributed by atoms with E-state index in [1.165, 1.54) is 0 Å². The first-order chi connectivity index (χ1) is 4.00. The minimum atomic E-state index is 0.451. The van der Waals surface area contributed by atoms with Crippen molar-refractivity contribution in [1.29, 1.82) is 0 Å². The van der Waals surface area contributed by atoms with Crippen LogP contribution in [0.1, 0.15) is 0 Å². The molecule has 4 heteroatoms. The minimum Gasteiger partial charge on any atom is -0.110 e. The standard InChI is InChI=1S/C4H12Si4/c1-3-6-8-7-4-2-5-1/h3,6-8H,1-2,4-5H2. The van der Waals surface area contributed by atoms with Crippen molar-refractivity contribution in [3.63, 3.8) is 0 Å². The lowest BCUT2D eigenvalue weighted by Gasteiger charge is -1.92. The lowest BCUT2D eigenvalue weighted by atomic mass is 10.9. The molecule has 1 rings (SSSR count). The van der Waals surface area contributed by atoms with Gasteiger partial charge >= 0.3 is 0 Å². The summed E-state index contributed by atoms with van der Waals surface area (Å²) in [4.78, 5) is 0. The van der Waals surface area contributed by atoms with Crippen LogP contribution in [0.15, 0.2) is 0 Å². The molecular weight excluding hydrogens is 160 g/mol. The van der Waals surface area contributed by atoms with E-state index in [0.29, 0.717) is 9.52 Å². The largest absolute Gasteiger partial charge is 0.110 e. The van der Waals surface area contributed by atoms with Gasteiger partial charge in [-0.05, 0) is 31.4 Å². The maximum Gasteiger partial charge on any atom is 0.0234 e. The van der Waals surface area contributed by atoms with Crippen LogP contribution in [0.2, 0.25) is 18.1 Å². The molecule has 0 fully saturated rings. The molecule has 8 heavy (non-hydrogen) atoms. The van der Waals surface area contributed by atoms with E-state index in [2.05, 4.69) is 5.67 Å². The van der Waals surface area contributed by atoms with Crippen LogP contribution in [0.4, 0.5) is 0 Å². The normalized spacial score (nSPS) is 23.0. The van der Waals surface area contributed by atoms with Gasteiger partial charge in [0.15, 0.2) is 0 Å². The predicted octanol–water partition coefficient (Wildman–Crippen LogP) is -1.63. The van der Waals surface area contributed by atoms with Crippen LogP contribution in [-0.2, 0) is 0 Å². The van der Waals surface area contributed by atoms with Crippen molar-refractivity contribution < 1.29 is 0 Å². The Kier molecular flexibility index (Phi) is 3.94. The lowest BCUT2D eigenvalue weighted by Crippen LogP contribution is -2.01. The number of hydrogen-bond donors (Lipinski definition) is 0. The van der Waals surface area contributed by atoms with Crippen molar-refractivity contribution in [2.24, 2.45) is 0 Å². The van der Waals surface area contributed by atoms with E-state index in [1.807, 2.05) is 0 Å². The monoisotopic (exact) mass is 172 g/mol. The average Bonchev–Trinajstić information content (AvgIpc) is 1.62. The second kappa shape index (κ2) is 4.60. The van der Waals surface area contributed by atoms with E-state index in [0.717, 1.165) is 25.4 Å². The molecule has 0 aromatic carbocycles. The average molecular weight is 172 g/mol. The first kappa shape index (κ1) is 6.85. The third-order valence-electron chi connectivity index (χ3n) is 1.37. The smallest absolute Gasteiger partial charge is 0.0234 e. The summed E-state index contributed by atoms with van der Waals surface area (Å²) >= 11 is 0. The molecule has 1 heterocycles. The third kappa shape index (κ3) is 2.91. The Morgan fingerprint density at radius 3 is 3.50 bits per heavy atom. The zero-order valence-electron chi connectivity index (χ0n) is 5.14. The summed E-state index contributed by atoms with van der Waals surface area (Å²) in [5, 5.41) is 0. The van der Waals surface area contributed by atoms with Crippen LogP contribution in [0.5, 0.6) is 0 Å². The SMILES string of the molecule is C1=[SiH][SiH]=[SiH]CC[SiH2]C1. The first-order valence-electron chi connectivity index (χ1n) is 3.32. The van der Waals surface area contributed by atoms with Crippen LogP contribution in [0.3, 0.4) is 0 Å². The number of rotatable bonds is 0. The Hall–Kier alpha value is 0.738. The van der Waals surface area contributed by atoms with Crippen molar-refractivity contribution in [3.8, 4) is 0 Å². The van der Waals surface area contributed by atoms with Gasteiger partial charge in [0.1, 0.15) is 0 Å². The quantitative estimate of drug-likeness (QED) is 0.385. The molecule has 0 aliphatic carbocycles. The molecule has 0 unspecified atom stereocenters. The van der Waals surface area contributed by atoms with Gasteiger partial charge in [-0.3, -0.25) is 0 Å². The highest BCUT2D eigenvalue weighted by Crippen LogP contribution is 1.87. The molecule has 0 spiro atoms. The topological polar surface area (TPSA) is 0 Å². The van der Waals surface area contributed by atoms with Gasteiger partial charge in [-0.15, -0.1) is 5.67 Å². The fourth-order valence-corrected chi connectivity index (χ4v) is 15.4. The zero-order chi connectivity index (χ0) is 5.66. The van der Waals surface area contributed by atoms with E-state index >= 15 is 0 Å². The summed E-state index contributed by atoms with van der Waals surface area (Å²) < 4.78 is 0. The molecule has 0 saturated carbocycles. The Morgan fingerprint density at radius 2 is 2.50 bits per heavy atom. The summed E-state index contributed by atoms with van der Waals surface area (Å²) in [7, 11) is 3.35. The van der Waals surface area contributed by atoms with Gasteiger partial charge in [0.05, 0.1) is 0 Å². The fourth-order valence-electron chi connectivity index (χ4n) is 0.874. The number of hydrogen-bond acceptors (Lipinski definition) is 0. The van der Waals surface area contributed by atoms with Crippen molar-refractivity contribution in [1.82, 2.24) is 0 Å². The molecule has 0 saturated heterocycles. The van der Waals surface area contributed by atoms with Crippen LogP contribution >= 0.6 is 0 Å². The summed E-state index contributed by atoms with van der Waals surface area (Å²) in [6.07, 6.45) is 0. The van der Waals surface area contributed by atoms with Gasteiger partial charge in [-0.25, -0.2) is 0 Å². The molecule has 0 nitrogen and oxygen atoms in total. The molecule has 0 amide bonds. The van der Waals surface area contributed by atoms with Gasteiger partial charge in [-0.2, -0.15) is 0 Å². The molecule has 0 bridgehead atoms. The maximum absolute atomic E-state index is 2.65. The van der Waals surface area contributed by atoms with Crippen LogP contribution in [-0.4, -0.2) is 40.6 Å². The van der Waals surface area contributed by atoms with Crippen molar-refractivity contribution in [2.75, 3.05) is 0 Å². The van der Waals surface area contributed by atoms with Crippen molar-refractivity contribution in [2.45, 2.75) is 18.1 Å². The van der Waals surface area contributed by atoms with Gasteiger partial charge in [0.25, 0.3) is 0 Å². The molecule has 0 radical (unpaired) electrons. The lowest BCUT2D eigenvalue weighted by molar-refractivity contribution is 1.42. The first-order valence-corrected chi connectivity index (χ1v) is 12.1. The Balaban J connectivity index is 2.33. The van der Waals surface area contributed by atoms with Gasteiger partial charge < -0.3 is 0 Å². The highest BCUT2D eigenvalue weighted by atomic mass is 29.3. The molecule has 0 aromatic rings. The van der Waals surface area contributed by atoms with Crippen LogP contribution < -0.4 is 0 Å². The highest BCUT2D eigenvalue weighted by molar-refractivity contribution is 7.12. The molecule has 1 aliphatic heterocycles. The summed E-state index contributed by atoms with van der Waals surface area (Å²) in [5.74, 6) is 0. The van der Waals surface area contributed by atoms with Gasteiger partial charge in [-0.1, -0.05) is 12.1 Å². The molecule has 0 N–H and O–H groups in total. The molecule has 1 aliphatic rings. The summed E-state index contributed by atoms with van der Waals surface area (Å²) in [5.41, 5.74) is 2.65. The van der Waals surface area contributed by atoms with Gasteiger partial charge in [0, 0.05) is 9.52 Å². The van der Waals surface area contributed by atoms with E-state index in [1.54, 1.807) is 18.1 Å². The molecule has 0 aromatic heterocycles. The molecular formula is C4H12Si4. The van der Waals surface area contributed by atoms with Crippen LogP contribution in [0, 0.1) is 0 Å². The van der Waals surface area contributed by atoms with E-state index in [-0.39, 0.29) is 0 Å². The Bertz CT molecular complexity index is 92.6. The molecule has 0 atom stereocenters. The fraction of sp³-hybridized carbons (Fsp3) is 0.750. The van der Waals surface area contributed by atoms with E-state index < -0.39 is 0 Å². The third-order valence-corrected chi connectivity index (χ3v) is 14.1. The molecule has 44 valence electrons. The maximum atomic E-state index is 2.65. The Morgan fingerprint density at radius 1 is 1.50 bits per heavy atom. The predicted molar refractivity (Wildman–Crippen MR) is 50.5 cm³/mol. The van der Waals surface area contributed by atoms with Gasteiger partial charge in [0.2, 0.25) is 0 Å².